The second-order valence-corrected chi connectivity index (χ2v) is 5.34. The van der Waals surface area contributed by atoms with E-state index in [1.165, 1.54) is 12.1 Å². The molecule has 0 bridgehead atoms. The lowest BCUT2D eigenvalue weighted by Crippen LogP contribution is -1.95. The molecule has 0 aromatic heterocycles. The van der Waals surface area contributed by atoms with E-state index in [1.807, 2.05) is 30.3 Å². The lowest BCUT2D eigenvalue weighted by atomic mass is 10.2. The van der Waals surface area contributed by atoms with Crippen LogP contribution in [0.1, 0.15) is 11.1 Å². The highest BCUT2D eigenvalue weighted by molar-refractivity contribution is 7.97. The van der Waals surface area contributed by atoms with E-state index in [9.17, 15) is 20.2 Å². The van der Waals surface area contributed by atoms with E-state index in [2.05, 4.69) is 0 Å². The second-order valence-electron chi connectivity index (χ2n) is 4.35. The zero-order valence-corrected chi connectivity index (χ0v) is 11.8. The van der Waals surface area contributed by atoms with Crippen LogP contribution in [0, 0.1) is 20.2 Å². The van der Waals surface area contributed by atoms with Crippen molar-refractivity contribution in [2.24, 2.45) is 0 Å². The number of nitro groups is 2. The minimum Gasteiger partial charge on any atom is -0.258 e. The SMILES string of the molecule is O=[N+]([O-])c1cc(CSCc2ccccc2)cc([N+](=O)[O-])c1. The number of benzene rings is 2. The Hall–Kier alpha value is -2.41. The molecule has 6 nitrogen and oxygen atoms in total. The third-order valence-electron chi connectivity index (χ3n) is 2.76. The van der Waals surface area contributed by atoms with Crippen molar-refractivity contribution in [3.05, 3.63) is 79.9 Å². The Labute approximate surface area is 125 Å². The van der Waals surface area contributed by atoms with Crippen molar-refractivity contribution in [2.75, 3.05) is 0 Å². The standard InChI is InChI=1S/C14H12N2O4S/c17-15(18)13-6-12(7-14(8-13)16(19)20)10-21-9-11-4-2-1-3-5-11/h1-8H,9-10H2. The maximum atomic E-state index is 10.8. The molecule has 108 valence electrons. The van der Waals surface area contributed by atoms with E-state index >= 15 is 0 Å². The zero-order chi connectivity index (χ0) is 15.2. The van der Waals surface area contributed by atoms with Crippen LogP contribution >= 0.6 is 11.8 Å². The van der Waals surface area contributed by atoms with Gasteiger partial charge < -0.3 is 0 Å². The Bertz CT molecular complexity index is 629. The summed E-state index contributed by atoms with van der Waals surface area (Å²) in [5.74, 6) is 1.23. The summed E-state index contributed by atoms with van der Waals surface area (Å²) >= 11 is 1.56. The molecule has 0 radical (unpaired) electrons. The first kappa shape index (κ1) is 15.0. The van der Waals surface area contributed by atoms with Crippen LogP contribution in [0.25, 0.3) is 0 Å². The molecule has 0 atom stereocenters. The number of nitrogens with zero attached hydrogens (tertiary/aromatic N) is 2. The van der Waals surface area contributed by atoms with Gasteiger partial charge in [-0.2, -0.15) is 11.8 Å². The van der Waals surface area contributed by atoms with Gasteiger partial charge in [0.05, 0.1) is 15.9 Å². The van der Waals surface area contributed by atoms with Crippen molar-refractivity contribution in [3.8, 4) is 0 Å². The molecule has 0 aliphatic rings. The largest absolute Gasteiger partial charge is 0.276 e. The van der Waals surface area contributed by atoms with Crippen molar-refractivity contribution in [3.63, 3.8) is 0 Å². The van der Waals surface area contributed by atoms with Crippen LogP contribution in [0.15, 0.2) is 48.5 Å². The van der Waals surface area contributed by atoms with Crippen molar-refractivity contribution < 1.29 is 9.85 Å². The van der Waals surface area contributed by atoms with Crippen molar-refractivity contribution in [1.82, 2.24) is 0 Å². The molecule has 0 fully saturated rings. The van der Waals surface area contributed by atoms with Crippen molar-refractivity contribution in [2.45, 2.75) is 11.5 Å². The number of hydrogen-bond donors (Lipinski definition) is 0. The topological polar surface area (TPSA) is 86.3 Å². The molecule has 0 saturated heterocycles. The summed E-state index contributed by atoms with van der Waals surface area (Å²) in [7, 11) is 0. The predicted octanol–water partition coefficient (Wildman–Crippen LogP) is 3.94. The summed E-state index contributed by atoms with van der Waals surface area (Å²) in [4.78, 5) is 20.4. The maximum Gasteiger partial charge on any atom is 0.276 e. The summed E-state index contributed by atoms with van der Waals surface area (Å²) < 4.78 is 0. The summed E-state index contributed by atoms with van der Waals surface area (Å²) in [5.41, 5.74) is 1.22. The number of thioether (sulfide) groups is 1. The molecule has 2 rings (SSSR count). The Balaban J connectivity index is 2.08. The molecule has 0 N–H and O–H groups in total. The van der Waals surface area contributed by atoms with Crippen LogP contribution in [-0.2, 0) is 11.5 Å². The third-order valence-corrected chi connectivity index (χ3v) is 3.84. The monoisotopic (exact) mass is 304 g/mol. The predicted molar refractivity (Wildman–Crippen MR) is 81.2 cm³/mol. The van der Waals surface area contributed by atoms with Gasteiger partial charge in [0.1, 0.15) is 0 Å². The van der Waals surface area contributed by atoms with E-state index in [0.717, 1.165) is 17.4 Å². The minimum atomic E-state index is -0.613. The molecular weight excluding hydrogens is 292 g/mol. The van der Waals surface area contributed by atoms with Gasteiger partial charge >= 0.3 is 0 Å². The molecule has 0 aliphatic heterocycles. The Kier molecular flexibility index (Phi) is 4.89. The number of rotatable bonds is 6. The quantitative estimate of drug-likeness (QED) is 0.596. The summed E-state index contributed by atoms with van der Waals surface area (Å²) in [6, 6.07) is 13.5. The van der Waals surface area contributed by atoms with Gasteiger partial charge in [-0.15, -0.1) is 0 Å². The van der Waals surface area contributed by atoms with Crippen LogP contribution < -0.4 is 0 Å². The van der Waals surface area contributed by atoms with Gasteiger partial charge in [0.2, 0.25) is 0 Å². The Morgan fingerprint density at radius 3 is 1.86 bits per heavy atom. The summed E-state index contributed by atoms with van der Waals surface area (Å²) in [5, 5.41) is 21.6. The fourth-order valence-corrected chi connectivity index (χ4v) is 2.74. The van der Waals surface area contributed by atoms with Gasteiger partial charge in [0, 0.05) is 23.6 Å². The molecule has 2 aromatic rings. The molecule has 0 aliphatic carbocycles. The maximum absolute atomic E-state index is 10.8. The molecule has 2 aromatic carbocycles. The van der Waals surface area contributed by atoms with E-state index < -0.39 is 9.85 Å². The highest BCUT2D eigenvalue weighted by Crippen LogP contribution is 2.26. The molecular formula is C14H12N2O4S. The van der Waals surface area contributed by atoms with E-state index in [-0.39, 0.29) is 11.4 Å². The Morgan fingerprint density at radius 1 is 0.810 bits per heavy atom. The zero-order valence-electron chi connectivity index (χ0n) is 11.0. The molecule has 0 saturated carbocycles. The molecule has 0 amide bonds. The highest BCUT2D eigenvalue weighted by Gasteiger charge is 2.16. The first-order valence-electron chi connectivity index (χ1n) is 6.10. The van der Waals surface area contributed by atoms with Crippen LogP contribution in [-0.4, -0.2) is 9.85 Å². The average molecular weight is 304 g/mol. The fraction of sp³-hybridized carbons (Fsp3) is 0.143. The van der Waals surface area contributed by atoms with Crippen molar-refractivity contribution in [1.29, 1.82) is 0 Å². The van der Waals surface area contributed by atoms with Crippen LogP contribution in [0.3, 0.4) is 0 Å². The van der Waals surface area contributed by atoms with E-state index in [1.54, 1.807) is 11.8 Å². The van der Waals surface area contributed by atoms with Crippen molar-refractivity contribution >= 4 is 23.1 Å². The highest BCUT2D eigenvalue weighted by atomic mass is 32.2. The fourth-order valence-electron chi connectivity index (χ4n) is 1.81. The second kappa shape index (κ2) is 6.85. The van der Waals surface area contributed by atoms with Crippen LogP contribution in [0.2, 0.25) is 0 Å². The number of hydrogen-bond acceptors (Lipinski definition) is 5. The molecule has 0 unspecified atom stereocenters. The van der Waals surface area contributed by atoms with Gasteiger partial charge in [-0.1, -0.05) is 30.3 Å². The number of nitro benzene ring substituents is 2. The van der Waals surface area contributed by atoms with Crippen LogP contribution in [0.4, 0.5) is 11.4 Å². The first-order valence-corrected chi connectivity index (χ1v) is 7.26. The summed E-state index contributed by atoms with van der Waals surface area (Å²) in [6.45, 7) is 0. The van der Waals surface area contributed by atoms with E-state index in [4.69, 9.17) is 0 Å². The summed E-state index contributed by atoms with van der Waals surface area (Å²) in [6.07, 6.45) is 0. The average Bonchev–Trinajstić information content (AvgIpc) is 2.48. The van der Waals surface area contributed by atoms with Gasteiger partial charge in [-0.05, 0) is 11.1 Å². The first-order chi connectivity index (χ1) is 10.1. The van der Waals surface area contributed by atoms with Gasteiger partial charge in [-0.3, -0.25) is 20.2 Å². The lowest BCUT2D eigenvalue weighted by Gasteiger charge is -2.03. The normalized spacial score (nSPS) is 10.3. The Morgan fingerprint density at radius 2 is 1.33 bits per heavy atom. The number of non-ortho nitro benzene ring substituents is 2. The third kappa shape index (κ3) is 4.28. The molecule has 21 heavy (non-hydrogen) atoms. The molecule has 7 heteroatoms. The minimum absolute atomic E-state index is 0.250. The smallest absolute Gasteiger partial charge is 0.258 e. The van der Waals surface area contributed by atoms with E-state index in [0.29, 0.717) is 11.3 Å². The van der Waals surface area contributed by atoms with Gasteiger partial charge in [0.15, 0.2) is 0 Å². The van der Waals surface area contributed by atoms with Gasteiger partial charge in [0.25, 0.3) is 11.4 Å². The molecule has 0 heterocycles. The van der Waals surface area contributed by atoms with Gasteiger partial charge in [-0.25, -0.2) is 0 Å². The lowest BCUT2D eigenvalue weighted by molar-refractivity contribution is -0.394. The van der Waals surface area contributed by atoms with Crippen LogP contribution in [0.5, 0.6) is 0 Å². The molecule has 0 spiro atoms.